The Kier molecular flexibility index (Phi) is 5.15. The van der Waals surface area contributed by atoms with Crippen LogP contribution < -0.4 is 4.90 Å². The lowest BCUT2D eigenvalue weighted by Crippen LogP contribution is -2.57. The van der Waals surface area contributed by atoms with E-state index in [1.165, 1.54) is 25.7 Å². The Hall–Kier alpha value is -2.17. The second-order valence-corrected chi connectivity index (χ2v) is 11.3. The summed E-state index contributed by atoms with van der Waals surface area (Å²) < 4.78 is 11.4. The number of carbonyl (C=O) groups is 1. The maximum absolute atomic E-state index is 13.1. The Bertz CT molecular complexity index is 1000. The number of rotatable bonds is 5. The van der Waals surface area contributed by atoms with Gasteiger partial charge in [-0.1, -0.05) is 0 Å². The van der Waals surface area contributed by atoms with Gasteiger partial charge in [0.1, 0.15) is 11.9 Å². The second-order valence-electron chi connectivity index (χ2n) is 11.3. The maximum atomic E-state index is 13.1. The molecule has 0 unspecified atom stereocenters. The van der Waals surface area contributed by atoms with Crippen molar-refractivity contribution in [3.05, 3.63) is 22.4 Å². The molecule has 7 heteroatoms. The molecule has 1 amide bonds. The molecule has 2 saturated carbocycles. The van der Waals surface area contributed by atoms with E-state index in [9.17, 15) is 10.1 Å². The molecule has 176 valence electrons. The van der Waals surface area contributed by atoms with Crippen LogP contribution in [0.5, 0.6) is 0 Å². The number of hydrogen-bond donors (Lipinski definition) is 0. The zero-order chi connectivity index (χ0) is 22.7. The van der Waals surface area contributed by atoms with Crippen LogP contribution >= 0.6 is 0 Å². The fraction of sp³-hybridized carbons (Fsp3) is 0.731. The molecule has 1 aromatic rings. The first kappa shape index (κ1) is 21.4. The molecule has 4 heterocycles. The molecule has 0 aromatic carbocycles. The van der Waals surface area contributed by atoms with Crippen LogP contribution in [0.15, 0.2) is 0 Å². The lowest BCUT2D eigenvalue weighted by molar-refractivity contribution is -0.139. The number of amides is 1. The number of anilines is 1. The van der Waals surface area contributed by atoms with E-state index >= 15 is 0 Å². The summed E-state index contributed by atoms with van der Waals surface area (Å²) in [5.41, 5.74) is 3.91. The number of nitriles is 1. The quantitative estimate of drug-likeness (QED) is 0.686. The molecule has 0 radical (unpaired) electrons. The molecule has 1 atom stereocenters. The van der Waals surface area contributed by atoms with Crippen LogP contribution in [-0.2, 0) is 27.3 Å². The number of aromatic nitrogens is 1. The van der Waals surface area contributed by atoms with Gasteiger partial charge in [-0.3, -0.25) is 4.79 Å². The summed E-state index contributed by atoms with van der Waals surface area (Å²) in [6.45, 7) is 8.42. The van der Waals surface area contributed by atoms with Crippen LogP contribution in [0.3, 0.4) is 0 Å². The minimum Gasteiger partial charge on any atom is -0.381 e. The highest BCUT2D eigenvalue weighted by Crippen LogP contribution is 2.46. The lowest BCUT2D eigenvalue weighted by Gasteiger charge is -2.44. The van der Waals surface area contributed by atoms with Gasteiger partial charge < -0.3 is 19.3 Å². The number of fused-ring (bicyclic) bond motifs is 1. The van der Waals surface area contributed by atoms with E-state index in [1.54, 1.807) is 0 Å². The van der Waals surface area contributed by atoms with Crippen LogP contribution in [0.2, 0.25) is 0 Å². The van der Waals surface area contributed by atoms with Crippen molar-refractivity contribution in [2.75, 3.05) is 37.7 Å². The topological polar surface area (TPSA) is 78.7 Å². The second kappa shape index (κ2) is 7.95. The number of pyridine rings is 1. The van der Waals surface area contributed by atoms with Gasteiger partial charge in [0.15, 0.2) is 0 Å². The standard InChI is InChI=1S/C26H34N4O3/c1-26(2)10-19-20(11-27)25(28-24(18-5-6-18)21(19)15-33-26)29-7-8-30(22(12-29)17-3-4-17)23(31)9-16-13-32-14-16/h16-18,22H,3-10,12-15H2,1-2H3/t22-/m0/s1. The summed E-state index contributed by atoms with van der Waals surface area (Å²) >= 11 is 0. The summed E-state index contributed by atoms with van der Waals surface area (Å²) in [7, 11) is 0. The molecule has 33 heavy (non-hydrogen) atoms. The van der Waals surface area contributed by atoms with Crippen LogP contribution in [0.4, 0.5) is 5.82 Å². The van der Waals surface area contributed by atoms with Crippen LogP contribution in [-0.4, -0.2) is 60.3 Å². The minimum absolute atomic E-state index is 0.223. The molecule has 1 aromatic heterocycles. The summed E-state index contributed by atoms with van der Waals surface area (Å²) in [6.07, 6.45) is 6.07. The van der Waals surface area contributed by atoms with Crippen molar-refractivity contribution < 1.29 is 14.3 Å². The molecule has 3 aliphatic heterocycles. The molecular weight excluding hydrogens is 416 g/mol. The van der Waals surface area contributed by atoms with Gasteiger partial charge in [-0.25, -0.2) is 4.98 Å². The summed E-state index contributed by atoms with van der Waals surface area (Å²) in [5, 5.41) is 10.2. The molecule has 0 bridgehead atoms. The zero-order valence-electron chi connectivity index (χ0n) is 19.8. The fourth-order valence-corrected chi connectivity index (χ4v) is 5.78. The van der Waals surface area contributed by atoms with E-state index in [1.807, 2.05) is 0 Å². The molecule has 6 rings (SSSR count). The van der Waals surface area contributed by atoms with Crippen molar-refractivity contribution in [3.63, 3.8) is 0 Å². The third-order valence-corrected chi connectivity index (χ3v) is 8.09. The smallest absolute Gasteiger partial charge is 0.223 e. The van der Waals surface area contributed by atoms with Gasteiger partial charge in [-0.2, -0.15) is 5.26 Å². The van der Waals surface area contributed by atoms with Gasteiger partial charge in [0.2, 0.25) is 5.91 Å². The predicted molar refractivity (Wildman–Crippen MR) is 123 cm³/mol. The zero-order valence-corrected chi connectivity index (χ0v) is 19.8. The van der Waals surface area contributed by atoms with Crippen molar-refractivity contribution in [2.24, 2.45) is 11.8 Å². The summed E-state index contributed by atoms with van der Waals surface area (Å²) in [6, 6.07) is 2.75. The predicted octanol–water partition coefficient (Wildman–Crippen LogP) is 3.15. The molecule has 4 fully saturated rings. The molecule has 0 N–H and O–H groups in total. The van der Waals surface area contributed by atoms with E-state index < -0.39 is 0 Å². The third-order valence-electron chi connectivity index (χ3n) is 8.09. The van der Waals surface area contributed by atoms with Crippen LogP contribution in [0.25, 0.3) is 0 Å². The Labute approximate surface area is 196 Å². The average molecular weight is 451 g/mol. The minimum atomic E-state index is -0.273. The van der Waals surface area contributed by atoms with Crippen LogP contribution in [0, 0.1) is 23.2 Å². The summed E-state index contributed by atoms with van der Waals surface area (Å²) in [5.74, 6) is 2.58. The van der Waals surface area contributed by atoms with Gasteiger partial charge >= 0.3 is 0 Å². The highest BCUT2D eigenvalue weighted by atomic mass is 16.5. The Morgan fingerprint density at radius 3 is 2.61 bits per heavy atom. The van der Waals surface area contributed by atoms with E-state index in [0.717, 1.165) is 47.7 Å². The Balaban J connectivity index is 1.31. The van der Waals surface area contributed by atoms with Gasteiger partial charge in [0, 0.05) is 49.9 Å². The number of ether oxygens (including phenoxy) is 2. The van der Waals surface area contributed by atoms with Crippen molar-refractivity contribution in [1.29, 1.82) is 5.26 Å². The number of hydrogen-bond acceptors (Lipinski definition) is 6. The monoisotopic (exact) mass is 450 g/mol. The van der Waals surface area contributed by atoms with E-state index in [0.29, 0.717) is 50.5 Å². The first-order chi connectivity index (χ1) is 15.9. The third kappa shape index (κ3) is 4.02. The van der Waals surface area contributed by atoms with Crippen molar-refractivity contribution in [1.82, 2.24) is 9.88 Å². The van der Waals surface area contributed by atoms with Crippen LogP contribution in [0.1, 0.15) is 74.3 Å². The Morgan fingerprint density at radius 1 is 1.18 bits per heavy atom. The first-order valence-electron chi connectivity index (χ1n) is 12.7. The Morgan fingerprint density at radius 2 is 1.97 bits per heavy atom. The van der Waals surface area contributed by atoms with E-state index in [-0.39, 0.29) is 17.6 Å². The van der Waals surface area contributed by atoms with Gasteiger partial charge in [0.25, 0.3) is 0 Å². The van der Waals surface area contributed by atoms with Crippen molar-refractivity contribution in [3.8, 4) is 6.07 Å². The van der Waals surface area contributed by atoms with Crippen molar-refractivity contribution >= 4 is 11.7 Å². The van der Waals surface area contributed by atoms with Crippen molar-refractivity contribution in [2.45, 2.75) is 76.5 Å². The highest BCUT2D eigenvalue weighted by Gasteiger charge is 2.43. The number of carbonyl (C=O) groups excluding carboxylic acids is 1. The molecule has 7 nitrogen and oxygen atoms in total. The van der Waals surface area contributed by atoms with E-state index in [4.69, 9.17) is 14.5 Å². The lowest BCUT2D eigenvalue weighted by atomic mass is 9.87. The SMILES string of the molecule is CC1(C)Cc2c(C#N)c(N3CCN(C(=O)CC4COC4)[C@H](C4CC4)C3)nc(C3CC3)c2CO1. The van der Waals surface area contributed by atoms with E-state index in [2.05, 4.69) is 29.7 Å². The fourth-order valence-electron chi connectivity index (χ4n) is 5.78. The van der Waals surface area contributed by atoms with Gasteiger partial charge in [-0.15, -0.1) is 0 Å². The molecule has 2 saturated heterocycles. The molecule has 2 aliphatic carbocycles. The molecule has 5 aliphatic rings. The largest absolute Gasteiger partial charge is 0.381 e. The van der Waals surface area contributed by atoms with Gasteiger partial charge in [-0.05, 0) is 51.0 Å². The maximum Gasteiger partial charge on any atom is 0.223 e. The highest BCUT2D eigenvalue weighted by molar-refractivity contribution is 5.77. The number of nitrogens with zero attached hydrogens (tertiary/aromatic N) is 4. The molecular formula is C26H34N4O3. The summed E-state index contributed by atoms with van der Waals surface area (Å²) in [4.78, 5) is 22.7. The molecule has 0 spiro atoms. The average Bonchev–Trinajstić information content (AvgIpc) is 3.67. The first-order valence-corrected chi connectivity index (χ1v) is 12.7. The normalized spacial score (nSPS) is 27.0. The number of piperazine rings is 1. The van der Waals surface area contributed by atoms with Gasteiger partial charge in [0.05, 0.1) is 42.7 Å².